The zero-order valence-electron chi connectivity index (χ0n) is 25.6. The van der Waals surface area contributed by atoms with Crippen molar-refractivity contribution in [2.24, 2.45) is 0 Å². The van der Waals surface area contributed by atoms with Crippen LogP contribution in [0.4, 0.5) is 22.0 Å². The van der Waals surface area contributed by atoms with Gasteiger partial charge in [0.05, 0.1) is 38.2 Å². The van der Waals surface area contributed by atoms with Gasteiger partial charge in [0.2, 0.25) is 5.82 Å². The number of likely N-dealkylation sites (tertiary alicyclic amines) is 1. The number of halogens is 5. The summed E-state index contributed by atoms with van der Waals surface area (Å²) in [5.74, 6) is -14.4. The standard InChI is InChI=1S/C26H54N.C7HF5O2/c1-3-4-5-6-7-8-9-10-11-12-13-14-15-16-17-18-19-21-24-27(2)25-22-20-23-26-27;8-2-1(7(13)14)3(9)5(11)6(12)4(2)10/h3-26H2,1-2H3;(H,13,14)/q+1;/p-1. The zero-order chi connectivity index (χ0) is 30.5. The Labute approximate surface area is 245 Å². The number of carboxylic acids is 1. The lowest BCUT2D eigenvalue weighted by atomic mass is 10.0. The van der Waals surface area contributed by atoms with Gasteiger partial charge in [0, 0.05) is 0 Å². The summed E-state index contributed by atoms with van der Waals surface area (Å²) in [5, 5.41) is 10.0. The van der Waals surface area contributed by atoms with Gasteiger partial charge < -0.3 is 14.4 Å². The third kappa shape index (κ3) is 15.4. The van der Waals surface area contributed by atoms with Gasteiger partial charge in [0.1, 0.15) is 0 Å². The van der Waals surface area contributed by atoms with Gasteiger partial charge in [-0.05, 0) is 32.1 Å². The van der Waals surface area contributed by atoms with Crippen molar-refractivity contribution in [3.63, 3.8) is 0 Å². The molecule has 1 heterocycles. The van der Waals surface area contributed by atoms with Crippen LogP contribution < -0.4 is 5.11 Å². The Hall–Kier alpha value is -1.70. The van der Waals surface area contributed by atoms with Crippen molar-refractivity contribution in [3.05, 3.63) is 34.6 Å². The van der Waals surface area contributed by atoms with Gasteiger partial charge in [0.25, 0.3) is 0 Å². The maximum atomic E-state index is 12.5. The van der Waals surface area contributed by atoms with Crippen molar-refractivity contribution >= 4 is 5.97 Å². The van der Waals surface area contributed by atoms with Gasteiger partial charge >= 0.3 is 0 Å². The van der Waals surface area contributed by atoms with Crippen LogP contribution in [-0.2, 0) is 0 Å². The minimum Gasteiger partial charge on any atom is -0.545 e. The maximum Gasteiger partial charge on any atom is 0.200 e. The zero-order valence-corrected chi connectivity index (χ0v) is 25.6. The highest BCUT2D eigenvalue weighted by Gasteiger charge is 2.26. The molecule has 0 spiro atoms. The molecule has 1 aliphatic heterocycles. The van der Waals surface area contributed by atoms with Crippen molar-refractivity contribution < 1.29 is 36.3 Å². The number of carboxylic acid groups (broad SMARTS) is 1. The van der Waals surface area contributed by atoms with E-state index in [4.69, 9.17) is 0 Å². The van der Waals surface area contributed by atoms with E-state index in [9.17, 15) is 31.9 Å². The first-order chi connectivity index (χ1) is 19.6. The predicted octanol–water partition coefficient (Wildman–Crippen LogP) is 9.40. The first-order valence-corrected chi connectivity index (χ1v) is 16.2. The summed E-state index contributed by atoms with van der Waals surface area (Å²) in [6, 6.07) is 0. The summed E-state index contributed by atoms with van der Waals surface area (Å²) in [6.45, 7) is 6.63. The normalized spacial score (nSPS) is 14.5. The van der Waals surface area contributed by atoms with Crippen LogP contribution in [0, 0.1) is 29.1 Å². The lowest BCUT2D eigenvalue weighted by Gasteiger charge is -2.37. The lowest BCUT2D eigenvalue weighted by Crippen LogP contribution is -2.48. The summed E-state index contributed by atoms with van der Waals surface area (Å²) in [5.41, 5.74) is -1.97. The largest absolute Gasteiger partial charge is 0.545 e. The molecule has 2 rings (SSSR count). The quantitative estimate of drug-likeness (QED) is 0.0498. The Morgan fingerprint density at radius 1 is 0.561 bits per heavy atom. The molecule has 0 saturated carbocycles. The summed E-state index contributed by atoms with van der Waals surface area (Å²) in [6.07, 6.45) is 31.0. The number of quaternary nitrogens is 1. The third-order valence-electron chi connectivity index (χ3n) is 8.36. The second-order valence-corrected chi connectivity index (χ2v) is 12.1. The molecule has 3 nitrogen and oxygen atoms in total. The third-order valence-corrected chi connectivity index (χ3v) is 8.36. The molecule has 1 aromatic rings. The van der Waals surface area contributed by atoms with E-state index in [1.165, 1.54) is 159 Å². The smallest absolute Gasteiger partial charge is 0.200 e. The number of nitrogens with zero attached hydrogens (tertiary/aromatic N) is 1. The highest BCUT2D eigenvalue weighted by atomic mass is 19.2. The average molecular weight is 592 g/mol. The molecule has 1 aromatic carbocycles. The molecule has 0 N–H and O–H groups in total. The molecule has 0 aromatic heterocycles. The van der Waals surface area contributed by atoms with E-state index in [1.807, 2.05) is 0 Å². The molecular formula is C33H54F5NO2. The minimum absolute atomic E-state index is 1.37. The van der Waals surface area contributed by atoms with Crippen molar-refractivity contribution in [2.45, 2.75) is 142 Å². The van der Waals surface area contributed by atoms with E-state index in [0.29, 0.717) is 0 Å². The molecule has 0 unspecified atom stereocenters. The molecule has 1 fully saturated rings. The molecule has 1 saturated heterocycles. The van der Waals surface area contributed by atoms with Crippen LogP contribution in [-0.4, -0.2) is 37.1 Å². The molecule has 0 amide bonds. The van der Waals surface area contributed by atoms with Crippen molar-refractivity contribution in [1.82, 2.24) is 0 Å². The van der Waals surface area contributed by atoms with Crippen molar-refractivity contribution in [3.8, 4) is 0 Å². The van der Waals surface area contributed by atoms with E-state index in [1.54, 1.807) is 0 Å². The molecular weight excluding hydrogens is 537 g/mol. The van der Waals surface area contributed by atoms with Crippen LogP contribution in [0.2, 0.25) is 0 Å². The lowest BCUT2D eigenvalue weighted by molar-refractivity contribution is -0.914. The number of benzene rings is 1. The van der Waals surface area contributed by atoms with Crippen molar-refractivity contribution in [1.29, 1.82) is 0 Å². The summed E-state index contributed by atoms with van der Waals surface area (Å²) >= 11 is 0. The summed E-state index contributed by atoms with van der Waals surface area (Å²) in [7, 11) is 2.49. The second kappa shape index (κ2) is 21.9. The van der Waals surface area contributed by atoms with E-state index in [2.05, 4.69) is 14.0 Å². The van der Waals surface area contributed by atoms with Crippen LogP contribution >= 0.6 is 0 Å². The molecule has 0 bridgehead atoms. The summed E-state index contributed by atoms with van der Waals surface area (Å²) in [4.78, 5) is 10.0. The number of carbonyl (C=O) groups is 1. The number of hydrogen-bond acceptors (Lipinski definition) is 2. The van der Waals surface area contributed by atoms with Gasteiger partial charge in [-0.1, -0.05) is 110 Å². The number of aromatic carboxylic acids is 1. The molecule has 0 radical (unpaired) electrons. The van der Waals surface area contributed by atoms with Gasteiger partial charge in [0.15, 0.2) is 23.3 Å². The number of rotatable bonds is 20. The monoisotopic (exact) mass is 591 g/mol. The number of piperidine rings is 1. The van der Waals surface area contributed by atoms with Crippen LogP contribution in [0.15, 0.2) is 0 Å². The summed E-state index contributed by atoms with van der Waals surface area (Å²) < 4.78 is 63.3. The van der Waals surface area contributed by atoms with Crippen LogP contribution in [0.1, 0.15) is 152 Å². The molecule has 41 heavy (non-hydrogen) atoms. The second-order valence-electron chi connectivity index (χ2n) is 12.1. The average Bonchev–Trinajstić information content (AvgIpc) is 2.95. The van der Waals surface area contributed by atoms with Crippen LogP contribution in [0.25, 0.3) is 0 Å². The number of unbranched alkanes of at least 4 members (excludes halogenated alkanes) is 17. The number of hydrogen-bond donors (Lipinski definition) is 0. The van der Waals surface area contributed by atoms with Gasteiger partial charge in [-0.2, -0.15) is 0 Å². The molecule has 0 atom stereocenters. The Kier molecular flexibility index (Phi) is 20.0. The van der Waals surface area contributed by atoms with Crippen LogP contribution in [0.5, 0.6) is 0 Å². The first kappa shape index (κ1) is 37.3. The molecule has 0 aliphatic carbocycles. The molecule has 1 aliphatic rings. The van der Waals surface area contributed by atoms with Crippen LogP contribution in [0.3, 0.4) is 0 Å². The minimum atomic E-state index is -2.47. The first-order valence-electron chi connectivity index (χ1n) is 16.2. The number of carbonyl (C=O) groups excluding carboxylic acids is 1. The Morgan fingerprint density at radius 3 is 1.22 bits per heavy atom. The predicted molar refractivity (Wildman–Crippen MR) is 154 cm³/mol. The fourth-order valence-corrected chi connectivity index (χ4v) is 5.68. The highest BCUT2D eigenvalue weighted by molar-refractivity contribution is 5.86. The SMILES string of the molecule is CCCCCCCCCCCCCCCCCCCC[N+]1(C)CCCCC1.O=C([O-])c1c(F)c(F)c(F)c(F)c1F. The Balaban J connectivity index is 0.000000502. The van der Waals surface area contributed by atoms with E-state index >= 15 is 0 Å². The maximum absolute atomic E-state index is 12.5. The molecule has 238 valence electrons. The van der Waals surface area contributed by atoms with Gasteiger partial charge in [-0.3, -0.25) is 0 Å². The van der Waals surface area contributed by atoms with Gasteiger partial charge in [-0.15, -0.1) is 0 Å². The molecule has 8 heteroatoms. The fraction of sp³-hybridized carbons (Fsp3) is 0.788. The Bertz CT molecular complexity index is 830. The van der Waals surface area contributed by atoms with E-state index < -0.39 is 40.6 Å². The van der Waals surface area contributed by atoms with E-state index in [0.717, 1.165) is 0 Å². The van der Waals surface area contributed by atoms with Gasteiger partial charge in [-0.25, -0.2) is 22.0 Å². The topological polar surface area (TPSA) is 40.1 Å². The Morgan fingerprint density at radius 2 is 0.878 bits per heavy atom. The fourth-order valence-electron chi connectivity index (χ4n) is 5.68. The van der Waals surface area contributed by atoms with E-state index in [-0.39, 0.29) is 0 Å². The highest BCUT2D eigenvalue weighted by Crippen LogP contribution is 2.22. The van der Waals surface area contributed by atoms with Crippen molar-refractivity contribution in [2.75, 3.05) is 26.7 Å².